The number of carbonyl (C=O) groups excluding carboxylic acids is 1. The number of carbonyl (C=O) groups is 2. The summed E-state index contributed by atoms with van der Waals surface area (Å²) >= 11 is 0. The largest absolute Gasteiger partial charge is 0.496 e. The van der Waals surface area contributed by atoms with E-state index in [2.05, 4.69) is 0 Å². The molecular weight excluding hydrogens is 343 g/mol. The van der Waals surface area contributed by atoms with E-state index >= 15 is 0 Å². The standard InChI is InChI=1S/C19H25FO6/c1-4-25-17(21)11-19(2)7-5-12(6-8-19)26-16-9-13(18(22)23)15(24-3)10-14(16)20/h9-10,12H,4-8,11H2,1-3H3,(H,22,23). The fraction of sp³-hybridized carbons (Fsp3) is 0.579. The number of carboxylic acid groups (broad SMARTS) is 1. The third kappa shape index (κ3) is 4.86. The Morgan fingerprint density at radius 1 is 1.27 bits per heavy atom. The van der Waals surface area contributed by atoms with Crippen LogP contribution < -0.4 is 9.47 Å². The Balaban J connectivity index is 2.02. The van der Waals surface area contributed by atoms with Crippen LogP contribution >= 0.6 is 0 Å². The lowest BCUT2D eigenvalue weighted by molar-refractivity contribution is -0.146. The van der Waals surface area contributed by atoms with Crippen molar-refractivity contribution in [1.82, 2.24) is 0 Å². The molecule has 1 aromatic rings. The van der Waals surface area contributed by atoms with Gasteiger partial charge in [0, 0.05) is 12.1 Å². The van der Waals surface area contributed by atoms with E-state index < -0.39 is 11.8 Å². The van der Waals surface area contributed by atoms with Crippen LogP contribution in [0.5, 0.6) is 11.5 Å². The molecule has 0 spiro atoms. The van der Waals surface area contributed by atoms with Gasteiger partial charge in [-0.3, -0.25) is 4.79 Å². The van der Waals surface area contributed by atoms with Crippen LogP contribution in [0.2, 0.25) is 0 Å². The molecule has 0 aliphatic heterocycles. The van der Waals surface area contributed by atoms with Gasteiger partial charge in [-0.2, -0.15) is 0 Å². The highest BCUT2D eigenvalue weighted by molar-refractivity contribution is 5.91. The van der Waals surface area contributed by atoms with Crippen LogP contribution in [0, 0.1) is 11.2 Å². The smallest absolute Gasteiger partial charge is 0.339 e. The van der Waals surface area contributed by atoms with Gasteiger partial charge in [0.1, 0.15) is 11.3 Å². The average Bonchev–Trinajstić information content (AvgIpc) is 2.58. The van der Waals surface area contributed by atoms with Crippen LogP contribution in [0.15, 0.2) is 12.1 Å². The maximum absolute atomic E-state index is 14.2. The Morgan fingerprint density at radius 2 is 1.92 bits per heavy atom. The molecule has 2 rings (SSSR count). The molecule has 0 aromatic heterocycles. The third-order valence-electron chi connectivity index (χ3n) is 4.79. The molecule has 1 aromatic carbocycles. The summed E-state index contributed by atoms with van der Waals surface area (Å²) < 4.78 is 29.8. The molecule has 0 radical (unpaired) electrons. The van der Waals surface area contributed by atoms with Crippen LogP contribution in [-0.2, 0) is 9.53 Å². The predicted octanol–water partition coefficient (Wildman–Crippen LogP) is 3.81. The van der Waals surface area contributed by atoms with Gasteiger partial charge in [0.25, 0.3) is 0 Å². The fourth-order valence-electron chi connectivity index (χ4n) is 3.28. The van der Waals surface area contributed by atoms with Crippen molar-refractivity contribution in [3.05, 3.63) is 23.5 Å². The van der Waals surface area contributed by atoms with Crippen molar-refractivity contribution in [2.75, 3.05) is 13.7 Å². The summed E-state index contributed by atoms with van der Waals surface area (Å²) in [6, 6.07) is 2.18. The van der Waals surface area contributed by atoms with Crippen LogP contribution in [0.3, 0.4) is 0 Å². The molecule has 0 heterocycles. The highest BCUT2D eigenvalue weighted by Crippen LogP contribution is 2.41. The summed E-state index contributed by atoms with van der Waals surface area (Å²) in [5.41, 5.74) is -0.302. The van der Waals surface area contributed by atoms with E-state index in [0.717, 1.165) is 25.0 Å². The first-order valence-electron chi connectivity index (χ1n) is 8.71. The van der Waals surface area contributed by atoms with Gasteiger partial charge in [-0.1, -0.05) is 6.92 Å². The molecule has 7 heteroatoms. The fourth-order valence-corrected chi connectivity index (χ4v) is 3.28. The summed E-state index contributed by atoms with van der Waals surface area (Å²) in [7, 11) is 1.28. The molecule has 1 aliphatic rings. The van der Waals surface area contributed by atoms with E-state index in [4.69, 9.17) is 14.2 Å². The van der Waals surface area contributed by atoms with Crippen molar-refractivity contribution in [2.24, 2.45) is 5.41 Å². The van der Waals surface area contributed by atoms with Crippen LogP contribution in [0.25, 0.3) is 0 Å². The molecule has 1 N–H and O–H groups in total. The minimum Gasteiger partial charge on any atom is -0.496 e. The lowest BCUT2D eigenvalue weighted by Gasteiger charge is -2.36. The van der Waals surface area contributed by atoms with E-state index in [9.17, 15) is 19.1 Å². The summed E-state index contributed by atoms with van der Waals surface area (Å²) in [6.07, 6.45) is 2.94. The molecular formula is C19H25FO6. The monoisotopic (exact) mass is 368 g/mol. The second kappa shape index (κ2) is 8.38. The van der Waals surface area contributed by atoms with Gasteiger partial charge in [0.05, 0.1) is 26.2 Å². The molecule has 0 unspecified atom stereocenters. The van der Waals surface area contributed by atoms with Crippen molar-refractivity contribution >= 4 is 11.9 Å². The summed E-state index contributed by atoms with van der Waals surface area (Å²) in [5.74, 6) is -2.22. The number of methoxy groups -OCH3 is 1. The topological polar surface area (TPSA) is 82.1 Å². The zero-order valence-corrected chi connectivity index (χ0v) is 15.3. The number of benzene rings is 1. The molecule has 0 saturated heterocycles. The molecule has 144 valence electrons. The Morgan fingerprint density at radius 3 is 2.46 bits per heavy atom. The lowest BCUT2D eigenvalue weighted by Crippen LogP contribution is -2.32. The normalized spacial score (nSPS) is 22.5. The number of carboxylic acids is 1. The zero-order valence-electron chi connectivity index (χ0n) is 15.3. The number of hydrogen-bond acceptors (Lipinski definition) is 5. The Hall–Kier alpha value is -2.31. The number of rotatable bonds is 7. The van der Waals surface area contributed by atoms with Crippen molar-refractivity contribution in [1.29, 1.82) is 0 Å². The summed E-state index contributed by atoms with van der Waals surface area (Å²) in [4.78, 5) is 23.0. The number of halogens is 1. The molecule has 0 atom stereocenters. The van der Waals surface area contributed by atoms with Gasteiger partial charge in [-0.25, -0.2) is 9.18 Å². The maximum atomic E-state index is 14.2. The van der Waals surface area contributed by atoms with Gasteiger partial charge >= 0.3 is 11.9 Å². The summed E-state index contributed by atoms with van der Waals surface area (Å²) in [6.45, 7) is 4.18. The minimum absolute atomic E-state index is 0.0481. The van der Waals surface area contributed by atoms with Gasteiger partial charge in [0.15, 0.2) is 11.6 Å². The van der Waals surface area contributed by atoms with Gasteiger partial charge in [-0.05, 0) is 38.0 Å². The van der Waals surface area contributed by atoms with E-state index in [1.165, 1.54) is 7.11 Å². The van der Waals surface area contributed by atoms with Crippen LogP contribution in [0.1, 0.15) is 56.3 Å². The quantitative estimate of drug-likeness (QED) is 0.737. The molecule has 1 aliphatic carbocycles. The Labute approximate surface area is 152 Å². The molecule has 1 fully saturated rings. The molecule has 1 saturated carbocycles. The second-order valence-corrected chi connectivity index (χ2v) is 6.90. The number of ether oxygens (including phenoxy) is 3. The summed E-state index contributed by atoms with van der Waals surface area (Å²) in [5, 5.41) is 9.21. The van der Waals surface area contributed by atoms with E-state index in [0.29, 0.717) is 25.9 Å². The minimum atomic E-state index is -1.21. The van der Waals surface area contributed by atoms with Crippen molar-refractivity contribution in [3.8, 4) is 11.5 Å². The van der Waals surface area contributed by atoms with Crippen LogP contribution in [0.4, 0.5) is 4.39 Å². The van der Waals surface area contributed by atoms with E-state index in [1.807, 2.05) is 6.92 Å². The van der Waals surface area contributed by atoms with Gasteiger partial charge in [0.2, 0.25) is 0 Å². The van der Waals surface area contributed by atoms with Crippen molar-refractivity contribution in [2.45, 2.75) is 52.1 Å². The van der Waals surface area contributed by atoms with Crippen molar-refractivity contribution < 1.29 is 33.3 Å². The van der Waals surface area contributed by atoms with Crippen molar-refractivity contribution in [3.63, 3.8) is 0 Å². The highest BCUT2D eigenvalue weighted by Gasteiger charge is 2.34. The predicted molar refractivity (Wildman–Crippen MR) is 92.2 cm³/mol. The Kier molecular flexibility index (Phi) is 6.45. The molecule has 6 nitrogen and oxygen atoms in total. The number of aromatic carboxylic acids is 1. The highest BCUT2D eigenvalue weighted by atomic mass is 19.1. The molecule has 26 heavy (non-hydrogen) atoms. The Bertz CT molecular complexity index is 664. The van der Waals surface area contributed by atoms with Gasteiger partial charge < -0.3 is 19.3 Å². The first-order chi connectivity index (χ1) is 12.3. The second-order valence-electron chi connectivity index (χ2n) is 6.90. The first kappa shape index (κ1) is 20.0. The number of hydrogen-bond donors (Lipinski definition) is 1. The number of esters is 1. The molecule has 0 bridgehead atoms. The van der Waals surface area contributed by atoms with Crippen LogP contribution in [-0.4, -0.2) is 36.9 Å². The lowest BCUT2D eigenvalue weighted by atomic mass is 9.72. The van der Waals surface area contributed by atoms with Gasteiger partial charge in [-0.15, -0.1) is 0 Å². The first-order valence-corrected chi connectivity index (χ1v) is 8.71. The SMILES string of the molecule is CCOC(=O)CC1(C)CCC(Oc2cc(C(=O)O)c(OC)cc2F)CC1. The molecule has 0 amide bonds. The van der Waals surface area contributed by atoms with E-state index in [-0.39, 0.29) is 34.6 Å². The maximum Gasteiger partial charge on any atom is 0.339 e. The third-order valence-corrected chi connectivity index (χ3v) is 4.79. The average molecular weight is 368 g/mol. The van der Waals surface area contributed by atoms with E-state index in [1.54, 1.807) is 6.92 Å². The zero-order chi connectivity index (χ0) is 19.3.